The van der Waals surface area contributed by atoms with Crippen molar-refractivity contribution in [1.82, 2.24) is 9.78 Å². The van der Waals surface area contributed by atoms with E-state index in [1.54, 1.807) is 0 Å². The number of aryl methyl sites for hydroxylation is 1. The molecule has 0 amide bonds. The second-order valence-corrected chi connectivity index (χ2v) is 5.91. The molecular formula is C15H19ClN2. The Labute approximate surface area is 113 Å². The maximum Gasteiger partial charge on any atom is 0.0706 e. The van der Waals surface area contributed by atoms with E-state index in [4.69, 9.17) is 11.6 Å². The average Bonchev–Trinajstić information content (AvgIpc) is 2.70. The highest BCUT2D eigenvalue weighted by molar-refractivity contribution is 6.20. The van der Waals surface area contributed by atoms with Crippen molar-refractivity contribution in [3.05, 3.63) is 30.0 Å². The Bertz CT molecular complexity index is 546. The minimum atomic E-state index is 0.333. The van der Waals surface area contributed by atoms with Crippen molar-refractivity contribution in [2.45, 2.75) is 37.5 Å². The number of nitrogens with zero attached hydrogens (tertiary/aromatic N) is 2. The highest BCUT2D eigenvalue weighted by Gasteiger charge is 2.25. The molecule has 0 bridgehead atoms. The summed E-state index contributed by atoms with van der Waals surface area (Å²) < 4.78 is 1.98. The van der Waals surface area contributed by atoms with Crippen molar-refractivity contribution < 1.29 is 0 Å². The zero-order valence-electron chi connectivity index (χ0n) is 10.8. The third-order valence-corrected chi connectivity index (χ3v) is 4.68. The fraction of sp³-hybridized carbons (Fsp3) is 0.533. The monoisotopic (exact) mass is 262 g/mol. The van der Waals surface area contributed by atoms with Crippen LogP contribution in [-0.2, 0) is 13.5 Å². The smallest absolute Gasteiger partial charge is 0.0706 e. The van der Waals surface area contributed by atoms with E-state index >= 15 is 0 Å². The molecule has 0 spiro atoms. The standard InChI is InChI=1S/C15H19ClN2/c1-18-15-9-5-3-7-12(15)14(17-18)10-11-6-2-4-8-13(11)16/h3,5,7,9,11,13H,2,4,6,8,10H2,1H3. The summed E-state index contributed by atoms with van der Waals surface area (Å²) in [7, 11) is 2.02. The Morgan fingerprint density at radius 3 is 2.89 bits per heavy atom. The van der Waals surface area contributed by atoms with E-state index in [1.807, 2.05) is 11.7 Å². The van der Waals surface area contributed by atoms with Crippen LogP contribution in [0.3, 0.4) is 0 Å². The Balaban J connectivity index is 1.90. The first-order valence-corrected chi connectivity index (χ1v) is 7.24. The molecule has 3 heteroatoms. The van der Waals surface area contributed by atoms with E-state index in [-0.39, 0.29) is 0 Å². The Kier molecular flexibility index (Phi) is 3.29. The number of hydrogen-bond acceptors (Lipinski definition) is 1. The molecule has 0 radical (unpaired) electrons. The fourth-order valence-corrected chi connectivity index (χ4v) is 3.45. The van der Waals surface area contributed by atoms with Crippen LogP contribution in [0.25, 0.3) is 10.9 Å². The topological polar surface area (TPSA) is 17.8 Å². The van der Waals surface area contributed by atoms with E-state index in [2.05, 4.69) is 29.4 Å². The number of aromatic nitrogens is 2. The van der Waals surface area contributed by atoms with Crippen LogP contribution >= 0.6 is 11.6 Å². The van der Waals surface area contributed by atoms with E-state index in [0.29, 0.717) is 11.3 Å². The first-order valence-electron chi connectivity index (χ1n) is 6.80. The largest absolute Gasteiger partial charge is 0.268 e. The maximum atomic E-state index is 6.46. The summed E-state index contributed by atoms with van der Waals surface area (Å²) in [5, 5.41) is 6.30. The summed E-state index contributed by atoms with van der Waals surface area (Å²) in [5.41, 5.74) is 2.43. The van der Waals surface area contributed by atoms with Gasteiger partial charge >= 0.3 is 0 Å². The second kappa shape index (κ2) is 4.93. The van der Waals surface area contributed by atoms with Gasteiger partial charge in [0.25, 0.3) is 0 Å². The third-order valence-electron chi connectivity index (χ3n) is 4.11. The van der Waals surface area contributed by atoms with Gasteiger partial charge in [-0.2, -0.15) is 5.10 Å². The number of rotatable bonds is 2. The Morgan fingerprint density at radius 2 is 2.06 bits per heavy atom. The van der Waals surface area contributed by atoms with Crippen LogP contribution < -0.4 is 0 Å². The average molecular weight is 263 g/mol. The van der Waals surface area contributed by atoms with Crippen LogP contribution in [0, 0.1) is 5.92 Å². The lowest BCUT2D eigenvalue weighted by atomic mass is 9.85. The number of hydrogen-bond donors (Lipinski definition) is 0. The Hall–Kier alpha value is -1.02. The number of halogens is 1. The van der Waals surface area contributed by atoms with Gasteiger partial charge in [-0.15, -0.1) is 11.6 Å². The zero-order chi connectivity index (χ0) is 12.5. The minimum Gasteiger partial charge on any atom is -0.268 e. The molecule has 18 heavy (non-hydrogen) atoms. The molecule has 2 aromatic rings. The molecule has 96 valence electrons. The van der Waals surface area contributed by atoms with Crippen molar-refractivity contribution in [3.8, 4) is 0 Å². The number of fused-ring (bicyclic) bond motifs is 1. The van der Waals surface area contributed by atoms with Gasteiger partial charge in [0.05, 0.1) is 11.2 Å². The molecule has 1 aromatic heterocycles. The van der Waals surface area contributed by atoms with Gasteiger partial charge in [-0.05, 0) is 31.2 Å². The van der Waals surface area contributed by atoms with Gasteiger partial charge in [-0.3, -0.25) is 4.68 Å². The molecule has 2 unspecified atom stereocenters. The molecule has 1 aromatic carbocycles. The van der Waals surface area contributed by atoms with Gasteiger partial charge in [-0.25, -0.2) is 0 Å². The summed E-state index contributed by atoms with van der Waals surface area (Å²) in [5.74, 6) is 0.596. The fourth-order valence-electron chi connectivity index (χ4n) is 3.08. The summed E-state index contributed by atoms with van der Waals surface area (Å²) in [6.07, 6.45) is 6.04. The molecule has 2 nitrogen and oxygen atoms in total. The van der Waals surface area contributed by atoms with E-state index in [1.165, 1.54) is 35.9 Å². The zero-order valence-corrected chi connectivity index (χ0v) is 11.5. The quantitative estimate of drug-likeness (QED) is 0.751. The van der Waals surface area contributed by atoms with Crippen LogP contribution in [0.4, 0.5) is 0 Å². The van der Waals surface area contributed by atoms with Gasteiger partial charge in [0.15, 0.2) is 0 Å². The number of alkyl halides is 1. The summed E-state index contributed by atoms with van der Waals surface area (Å²) in [6, 6.07) is 8.46. The molecule has 2 atom stereocenters. The molecule has 1 aliphatic carbocycles. The third kappa shape index (κ3) is 2.14. The lowest BCUT2D eigenvalue weighted by molar-refractivity contribution is 0.361. The first kappa shape index (κ1) is 12.0. The highest BCUT2D eigenvalue weighted by atomic mass is 35.5. The van der Waals surface area contributed by atoms with Gasteiger partial charge in [-0.1, -0.05) is 31.0 Å². The lowest BCUT2D eigenvalue weighted by Crippen LogP contribution is -2.22. The van der Waals surface area contributed by atoms with Crippen molar-refractivity contribution >= 4 is 22.5 Å². The van der Waals surface area contributed by atoms with Crippen molar-refractivity contribution in [3.63, 3.8) is 0 Å². The molecule has 0 N–H and O–H groups in total. The molecule has 3 rings (SSSR count). The summed E-state index contributed by atoms with van der Waals surface area (Å²) in [4.78, 5) is 0. The van der Waals surface area contributed by atoms with Crippen molar-refractivity contribution in [2.24, 2.45) is 13.0 Å². The number of para-hydroxylation sites is 1. The molecule has 1 heterocycles. The summed E-state index contributed by atoms with van der Waals surface area (Å²) >= 11 is 6.46. The van der Waals surface area contributed by atoms with E-state index in [9.17, 15) is 0 Å². The van der Waals surface area contributed by atoms with E-state index < -0.39 is 0 Å². The van der Waals surface area contributed by atoms with Gasteiger partial charge in [0.1, 0.15) is 0 Å². The highest BCUT2D eigenvalue weighted by Crippen LogP contribution is 2.32. The molecule has 1 fully saturated rings. The van der Waals surface area contributed by atoms with Crippen LogP contribution in [0.15, 0.2) is 24.3 Å². The van der Waals surface area contributed by atoms with Crippen LogP contribution in [-0.4, -0.2) is 15.2 Å². The van der Waals surface area contributed by atoms with Gasteiger partial charge in [0, 0.05) is 17.8 Å². The van der Waals surface area contributed by atoms with Gasteiger partial charge in [0.2, 0.25) is 0 Å². The van der Waals surface area contributed by atoms with Gasteiger partial charge < -0.3 is 0 Å². The Morgan fingerprint density at radius 1 is 1.28 bits per heavy atom. The molecular weight excluding hydrogens is 244 g/mol. The van der Waals surface area contributed by atoms with Crippen LogP contribution in [0.2, 0.25) is 0 Å². The van der Waals surface area contributed by atoms with Crippen molar-refractivity contribution in [2.75, 3.05) is 0 Å². The van der Waals surface area contributed by atoms with E-state index in [0.717, 1.165) is 12.8 Å². The minimum absolute atomic E-state index is 0.333. The predicted molar refractivity (Wildman–Crippen MR) is 76.0 cm³/mol. The summed E-state index contributed by atoms with van der Waals surface area (Å²) in [6.45, 7) is 0. The number of benzene rings is 1. The molecule has 1 saturated carbocycles. The second-order valence-electron chi connectivity index (χ2n) is 5.35. The molecule has 1 aliphatic rings. The maximum absolute atomic E-state index is 6.46. The first-order chi connectivity index (χ1) is 8.75. The van der Waals surface area contributed by atoms with Crippen LogP contribution in [0.1, 0.15) is 31.4 Å². The van der Waals surface area contributed by atoms with Crippen molar-refractivity contribution in [1.29, 1.82) is 0 Å². The molecule has 0 saturated heterocycles. The normalized spacial score (nSPS) is 24.6. The SMILES string of the molecule is Cn1nc(CC2CCCCC2Cl)c2ccccc21. The van der Waals surface area contributed by atoms with Crippen LogP contribution in [0.5, 0.6) is 0 Å². The molecule has 0 aliphatic heterocycles. The predicted octanol–water partition coefficient (Wildman–Crippen LogP) is 3.91. The lowest BCUT2D eigenvalue weighted by Gasteiger charge is -2.26.